The molecule has 1 aliphatic rings. The van der Waals surface area contributed by atoms with Gasteiger partial charge >= 0.3 is 5.97 Å². The average molecular weight is 262 g/mol. The van der Waals surface area contributed by atoms with Crippen molar-refractivity contribution in [2.75, 3.05) is 0 Å². The van der Waals surface area contributed by atoms with Crippen LogP contribution in [0.3, 0.4) is 0 Å². The molecule has 1 fully saturated rings. The molecule has 1 saturated carbocycles. The number of hydrogen-bond donors (Lipinski definition) is 1. The maximum Gasteiger partial charge on any atom is 0.314 e. The highest BCUT2D eigenvalue weighted by molar-refractivity contribution is 6.31. The Morgan fingerprint density at radius 2 is 2.11 bits per heavy atom. The number of carboxylic acids is 1. The molecular weight excluding hydrogens is 250 g/mol. The summed E-state index contributed by atoms with van der Waals surface area (Å²) in [6.45, 7) is 1.88. The molecular formula is C14H12ClNO2. The second-order valence-corrected chi connectivity index (χ2v) is 5.30. The lowest BCUT2D eigenvalue weighted by atomic mass is 9.92. The highest BCUT2D eigenvalue weighted by Crippen LogP contribution is 2.50. The van der Waals surface area contributed by atoms with Gasteiger partial charge in [0, 0.05) is 16.1 Å². The number of halogens is 1. The molecule has 92 valence electrons. The van der Waals surface area contributed by atoms with E-state index in [9.17, 15) is 9.90 Å². The molecule has 0 saturated heterocycles. The molecule has 2 aromatic rings. The minimum Gasteiger partial charge on any atom is -0.481 e. The monoisotopic (exact) mass is 261 g/mol. The van der Waals surface area contributed by atoms with Crippen molar-refractivity contribution in [3.05, 3.63) is 40.5 Å². The fraction of sp³-hybridized carbons (Fsp3) is 0.286. The summed E-state index contributed by atoms with van der Waals surface area (Å²) in [6.07, 6.45) is 1.38. The first-order chi connectivity index (χ1) is 8.53. The van der Waals surface area contributed by atoms with Crippen LogP contribution in [-0.4, -0.2) is 16.1 Å². The van der Waals surface area contributed by atoms with E-state index in [1.807, 2.05) is 25.1 Å². The maximum absolute atomic E-state index is 11.5. The zero-order valence-electron chi connectivity index (χ0n) is 9.90. The number of rotatable bonds is 2. The molecule has 4 heteroatoms. The summed E-state index contributed by atoms with van der Waals surface area (Å²) < 4.78 is 0. The lowest BCUT2D eigenvalue weighted by Crippen LogP contribution is -2.20. The summed E-state index contributed by atoms with van der Waals surface area (Å²) in [4.78, 5) is 15.9. The summed E-state index contributed by atoms with van der Waals surface area (Å²) >= 11 is 6.01. The second-order valence-electron chi connectivity index (χ2n) is 4.86. The van der Waals surface area contributed by atoms with Crippen LogP contribution in [0.2, 0.25) is 5.02 Å². The first kappa shape index (κ1) is 11.5. The summed E-state index contributed by atoms with van der Waals surface area (Å²) in [5, 5.41) is 10.9. The molecule has 0 spiro atoms. The Morgan fingerprint density at radius 3 is 2.72 bits per heavy atom. The first-order valence-corrected chi connectivity index (χ1v) is 6.21. The Morgan fingerprint density at radius 1 is 1.39 bits per heavy atom. The summed E-state index contributed by atoms with van der Waals surface area (Å²) in [5.74, 6) is -0.755. The van der Waals surface area contributed by atoms with Gasteiger partial charge in [0.25, 0.3) is 0 Å². The van der Waals surface area contributed by atoms with Crippen LogP contribution < -0.4 is 0 Å². The fourth-order valence-electron chi connectivity index (χ4n) is 2.45. The van der Waals surface area contributed by atoms with Crippen LogP contribution in [-0.2, 0) is 10.2 Å². The minimum atomic E-state index is -0.755. The first-order valence-electron chi connectivity index (χ1n) is 5.84. The number of carbonyl (C=O) groups is 1. The Bertz CT molecular complexity index is 662. The number of nitrogens with zero attached hydrogens (tertiary/aromatic N) is 1. The summed E-state index contributed by atoms with van der Waals surface area (Å²) in [5.41, 5.74) is 1.77. The van der Waals surface area contributed by atoms with Crippen molar-refractivity contribution in [3.63, 3.8) is 0 Å². The number of aromatic nitrogens is 1. The van der Waals surface area contributed by atoms with Gasteiger partial charge in [-0.1, -0.05) is 11.6 Å². The highest BCUT2D eigenvalue weighted by Gasteiger charge is 2.52. The van der Waals surface area contributed by atoms with Gasteiger partial charge in [0.1, 0.15) is 0 Å². The standard InChI is InChI=1S/C14H12ClNO2/c1-8-6-11(14(4-5-14)13(17)18)10-7-9(15)2-3-12(10)16-8/h2-3,6-7H,4-5H2,1H3,(H,17,18). The van der Waals surface area contributed by atoms with Crippen molar-refractivity contribution < 1.29 is 9.90 Å². The normalized spacial score (nSPS) is 16.8. The summed E-state index contributed by atoms with van der Waals surface area (Å²) in [7, 11) is 0. The highest BCUT2D eigenvalue weighted by atomic mass is 35.5. The van der Waals surface area contributed by atoms with Crippen LogP contribution in [0.15, 0.2) is 24.3 Å². The molecule has 18 heavy (non-hydrogen) atoms. The third-order valence-electron chi connectivity index (χ3n) is 3.57. The fourth-order valence-corrected chi connectivity index (χ4v) is 2.62. The van der Waals surface area contributed by atoms with E-state index >= 15 is 0 Å². The Hall–Kier alpha value is -1.61. The van der Waals surface area contributed by atoms with Crippen molar-refractivity contribution in [2.24, 2.45) is 0 Å². The number of carboxylic acid groups (broad SMARTS) is 1. The quantitative estimate of drug-likeness (QED) is 0.902. The molecule has 3 rings (SSSR count). The molecule has 1 aliphatic carbocycles. The predicted octanol–water partition coefficient (Wildman–Crippen LogP) is 3.31. The Kier molecular flexibility index (Phi) is 2.35. The molecule has 1 aromatic carbocycles. The van der Waals surface area contributed by atoms with E-state index in [1.165, 1.54) is 0 Å². The van der Waals surface area contributed by atoms with E-state index in [0.29, 0.717) is 17.9 Å². The van der Waals surface area contributed by atoms with Crippen LogP contribution in [0.5, 0.6) is 0 Å². The molecule has 1 aromatic heterocycles. The van der Waals surface area contributed by atoms with E-state index in [4.69, 9.17) is 11.6 Å². The van der Waals surface area contributed by atoms with E-state index in [2.05, 4.69) is 4.98 Å². The third kappa shape index (κ3) is 1.58. The number of aryl methyl sites for hydroxylation is 1. The number of pyridine rings is 1. The molecule has 0 bridgehead atoms. The van der Waals surface area contributed by atoms with Crippen molar-refractivity contribution >= 4 is 28.5 Å². The van der Waals surface area contributed by atoms with Crippen molar-refractivity contribution in [1.29, 1.82) is 0 Å². The van der Waals surface area contributed by atoms with Gasteiger partial charge in [0.05, 0.1) is 10.9 Å². The molecule has 0 atom stereocenters. The zero-order chi connectivity index (χ0) is 12.9. The van der Waals surface area contributed by atoms with Crippen molar-refractivity contribution in [3.8, 4) is 0 Å². The number of fused-ring (bicyclic) bond motifs is 1. The third-order valence-corrected chi connectivity index (χ3v) is 3.81. The van der Waals surface area contributed by atoms with Crippen LogP contribution in [0, 0.1) is 6.92 Å². The van der Waals surface area contributed by atoms with E-state index in [-0.39, 0.29) is 0 Å². The number of aliphatic carboxylic acids is 1. The van der Waals surface area contributed by atoms with Gasteiger partial charge in [-0.25, -0.2) is 0 Å². The van der Waals surface area contributed by atoms with Gasteiger partial charge in [-0.3, -0.25) is 9.78 Å². The molecule has 0 unspecified atom stereocenters. The van der Waals surface area contributed by atoms with Crippen molar-refractivity contribution in [2.45, 2.75) is 25.2 Å². The molecule has 0 radical (unpaired) electrons. The summed E-state index contributed by atoms with van der Waals surface area (Å²) in [6, 6.07) is 7.30. The average Bonchev–Trinajstić information content (AvgIpc) is 3.10. The van der Waals surface area contributed by atoms with Gasteiger partial charge < -0.3 is 5.11 Å². The van der Waals surface area contributed by atoms with Gasteiger partial charge in [0.2, 0.25) is 0 Å². The van der Waals surface area contributed by atoms with E-state index in [1.54, 1.807) is 6.07 Å². The Balaban J connectivity index is 2.34. The molecule has 1 N–H and O–H groups in total. The van der Waals surface area contributed by atoms with Gasteiger partial charge in [-0.15, -0.1) is 0 Å². The topological polar surface area (TPSA) is 50.2 Å². The predicted molar refractivity (Wildman–Crippen MR) is 70.0 cm³/mol. The largest absolute Gasteiger partial charge is 0.481 e. The van der Waals surface area contributed by atoms with Gasteiger partial charge in [-0.05, 0) is 49.6 Å². The SMILES string of the molecule is Cc1cc(C2(C(=O)O)CC2)c2cc(Cl)ccc2n1. The van der Waals surface area contributed by atoms with E-state index in [0.717, 1.165) is 22.2 Å². The molecule has 0 amide bonds. The van der Waals surface area contributed by atoms with Gasteiger partial charge in [0.15, 0.2) is 0 Å². The van der Waals surface area contributed by atoms with Gasteiger partial charge in [-0.2, -0.15) is 0 Å². The van der Waals surface area contributed by atoms with Crippen LogP contribution >= 0.6 is 11.6 Å². The second kappa shape index (κ2) is 3.69. The maximum atomic E-state index is 11.5. The minimum absolute atomic E-state index is 0.607. The number of benzene rings is 1. The lowest BCUT2D eigenvalue weighted by molar-refractivity contribution is -0.139. The van der Waals surface area contributed by atoms with Crippen molar-refractivity contribution in [1.82, 2.24) is 4.98 Å². The Labute approximate surface area is 109 Å². The molecule has 3 nitrogen and oxygen atoms in total. The molecule has 1 heterocycles. The zero-order valence-corrected chi connectivity index (χ0v) is 10.7. The van der Waals surface area contributed by atoms with Crippen LogP contribution in [0.1, 0.15) is 24.1 Å². The lowest BCUT2D eigenvalue weighted by Gasteiger charge is -2.14. The smallest absolute Gasteiger partial charge is 0.314 e. The van der Waals surface area contributed by atoms with Crippen LogP contribution in [0.25, 0.3) is 10.9 Å². The molecule has 0 aliphatic heterocycles. The number of hydrogen-bond acceptors (Lipinski definition) is 2. The van der Waals surface area contributed by atoms with E-state index < -0.39 is 11.4 Å². The van der Waals surface area contributed by atoms with Crippen LogP contribution in [0.4, 0.5) is 0 Å².